The van der Waals surface area contributed by atoms with E-state index in [9.17, 15) is 4.79 Å². The first-order valence-electron chi connectivity index (χ1n) is 5.76. The minimum Gasteiger partial charge on any atom is -0.352 e. The van der Waals surface area contributed by atoms with Gasteiger partial charge < -0.3 is 11.1 Å². The summed E-state index contributed by atoms with van der Waals surface area (Å²) >= 11 is 0. The van der Waals surface area contributed by atoms with Crippen molar-refractivity contribution >= 4 is 5.91 Å². The maximum atomic E-state index is 11.7. The molecule has 0 aliphatic heterocycles. The molecule has 1 fully saturated rings. The van der Waals surface area contributed by atoms with E-state index in [4.69, 9.17) is 5.73 Å². The van der Waals surface area contributed by atoms with Crippen molar-refractivity contribution in [2.75, 3.05) is 0 Å². The number of nitrogens with one attached hydrogen (secondary N) is 1. The lowest BCUT2D eigenvalue weighted by Crippen LogP contribution is -2.43. The second-order valence-electron chi connectivity index (χ2n) is 4.62. The third kappa shape index (κ3) is 2.83. The number of carbonyl (C=O) groups is 1. The van der Waals surface area contributed by atoms with Crippen LogP contribution < -0.4 is 11.1 Å². The van der Waals surface area contributed by atoms with Gasteiger partial charge in [-0.3, -0.25) is 4.79 Å². The van der Waals surface area contributed by atoms with Crippen LogP contribution in [-0.4, -0.2) is 18.0 Å². The molecule has 3 heteroatoms. The van der Waals surface area contributed by atoms with Gasteiger partial charge in [-0.25, -0.2) is 0 Å². The highest BCUT2D eigenvalue weighted by Gasteiger charge is 2.34. The number of rotatable bonds is 4. The molecule has 0 bridgehead atoms. The monoisotopic (exact) mass is 218 g/mol. The molecule has 1 aromatic carbocycles. The molecule has 86 valence electrons. The van der Waals surface area contributed by atoms with E-state index in [1.165, 1.54) is 0 Å². The minimum atomic E-state index is -0.435. The average molecular weight is 218 g/mol. The molecular formula is C13H18N2O. The van der Waals surface area contributed by atoms with Gasteiger partial charge in [0.1, 0.15) is 0 Å². The Morgan fingerprint density at radius 3 is 2.69 bits per heavy atom. The van der Waals surface area contributed by atoms with Crippen molar-refractivity contribution in [2.24, 2.45) is 11.7 Å². The van der Waals surface area contributed by atoms with E-state index in [0.29, 0.717) is 18.4 Å². The van der Waals surface area contributed by atoms with Crippen LogP contribution in [-0.2, 0) is 11.2 Å². The zero-order valence-electron chi connectivity index (χ0n) is 9.52. The van der Waals surface area contributed by atoms with Gasteiger partial charge in [0.25, 0.3) is 0 Å². The predicted molar refractivity (Wildman–Crippen MR) is 63.8 cm³/mol. The first-order chi connectivity index (χ1) is 7.66. The summed E-state index contributed by atoms with van der Waals surface area (Å²) in [6.07, 6.45) is 1.69. The lowest BCUT2D eigenvalue weighted by Gasteiger charge is -2.11. The first kappa shape index (κ1) is 11.1. The summed E-state index contributed by atoms with van der Waals surface area (Å²) in [5.41, 5.74) is 6.96. The van der Waals surface area contributed by atoms with Gasteiger partial charge in [-0.05, 0) is 24.3 Å². The molecule has 2 rings (SSSR count). The summed E-state index contributed by atoms with van der Waals surface area (Å²) in [5.74, 6) is 0.589. The Labute approximate surface area is 96.0 Å². The topological polar surface area (TPSA) is 55.1 Å². The third-order valence-electron chi connectivity index (χ3n) is 3.07. The Kier molecular flexibility index (Phi) is 3.25. The van der Waals surface area contributed by atoms with E-state index < -0.39 is 6.04 Å². The standard InChI is InChI=1S/C13H18N2O/c1-9-7-12(9)15-13(16)11(14)8-10-5-3-2-4-6-10/h2-6,9,11-12H,7-8,14H2,1H3,(H,15,16)/t9?,11-,12?/m1/s1. The molecule has 16 heavy (non-hydrogen) atoms. The van der Waals surface area contributed by atoms with Crippen molar-refractivity contribution in [3.8, 4) is 0 Å². The fourth-order valence-corrected chi connectivity index (χ4v) is 1.77. The summed E-state index contributed by atoms with van der Waals surface area (Å²) in [5, 5.41) is 2.96. The molecule has 0 heterocycles. The highest BCUT2D eigenvalue weighted by atomic mass is 16.2. The van der Waals surface area contributed by atoms with Crippen molar-refractivity contribution in [3.63, 3.8) is 0 Å². The van der Waals surface area contributed by atoms with Crippen LogP contribution in [0.1, 0.15) is 18.9 Å². The molecule has 2 unspecified atom stereocenters. The Bertz CT molecular complexity index is 363. The van der Waals surface area contributed by atoms with Gasteiger partial charge in [0, 0.05) is 6.04 Å². The van der Waals surface area contributed by atoms with Gasteiger partial charge in [0.15, 0.2) is 0 Å². The van der Waals surface area contributed by atoms with Crippen LogP contribution in [0.5, 0.6) is 0 Å². The number of carbonyl (C=O) groups excluding carboxylic acids is 1. The van der Waals surface area contributed by atoms with E-state index in [1.54, 1.807) is 0 Å². The summed E-state index contributed by atoms with van der Waals surface area (Å²) < 4.78 is 0. The molecule has 0 radical (unpaired) electrons. The molecule has 0 aromatic heterocycles. The Morgan fingerprint density at radius 2 is 2.12 bits per heavy atom. The summed E-state index contributed by atoms with van der Waals surface area (Å²) in [6, 6.07) is 9.79. The summed E-state index contributed by atoms with van der Waals surface area (Å²) in [6.45, 7) is 2.13. The molecule has 1 aromatic rings. The molecule has 3 nitrogen and oxygen atoms in total. The molecule has 3 N–H and O–H groups in total. The lowest BCUT2D eigenvalue weighted by atomic mass is 10.1. The molecular weight excluding hydrogens is 200 g/mol. The first-order valence-corrected chi connectivity index (χ1v) is 5.76. The van der Waals surface area contributed by atoms with Gasteiger partial charge in [-0.15, -0.1) is 0 Å². The van der Waals surface area contributed by atoms with Crippen molar-refractivity contribution < 1.29 is 4.79 Å². The van der Waals surface area contributed by atoms with Crippen LogP contribution in [0.15, 0.2) is 30.3 Å². The van der Waals surface area contributed by atoms with E-state index in [0.717, 1.165) is 12.0 Å². The minimum absolute atomic E-state index is 0.0294. The molecule has 0 saturated heterocycles. The maximum Gasteiger partial charge on any atom is 0.237 e. The second kappa shape index (κ2) is 4.66. The van der Waals surface area contributed by atoms with E-state index in [-0.39, 0.29) is 5.91 Å². The van der Waals surface area contributed by atoms with Gasteiger partial charge >= 0.3 is 0 Å². The summed E-state index contributed by atoms with van der Waals surface area (Å²) in [4.78, 5) is 11.7. The van der Waals surface area contributed by atoms with Crippen LogP contribution in [0.2, 0.25) is 0 Å². The van der Waals surface area contributed by atoms with E-state index in [1.807, 2.05) is 30.3 Å². The van der Waals surface area contributed by atoms with Crippen LogP contribution in [0.25, 0.3) is 0 Å². The zero-order chi connectivity index (χ0) is 11.5. The fraction of sp³-hybridized carbons (Fsp3) is 0.462. The third-order valence-corrected chi connectivity index (χ3v) is 3.07. The summed E-state index contributed by atoms with van der Waals surface area (Å²) in [7, 11) is 0. The molecule has 1 aliphatic carbocycles. The molecule has 1 saturated carbocycles. The van der Waals surface area contributed by atoms with Gasteiger partial charge in [0.05, 0.1) is 6.04 Å². The Balaban J connectivity index is 1.83. The quantitative estimate of drug-likeness (QED) is 0.794. The van der Waals surface area contributed by atoms with Gasteiger partial charge in [0.2, 0.25) is 5.91 Å². The Hall–Kier alpha value is -1.35. The smallest absolute Gasteiger partial charge is 0.237 e. The number of benzene rings is 1. The van der Waals surface area contributed by atoms with E-state index >= 15 is 0 Å². The molecule has 0 spiro atoms. The molecule has 1 amide bonds. The number of amides is 1. The Morgan fingerprint density at radius 1 is 1.50 bits per heavy atom. The van der Waals surface area contributed by atoms with Crippen molar-refractivity contribution in [2.45, 2.75) is 31.8 Å². The number of nitrogens with two attached hydrogens (primary N) is 1. The van der Waals surface area contributed by atoms with Gasteiger partial charge in [-0.1, -0.05) is 37.3 Å². The van der Waals surface area contributed by atoms with Crippen LogP contribution in [0.3, 0.4) is 0 Å². The predicted octanol–water partition coefficient (Wildman–Crippen LogP) is 1.08. The lowest BCUT2D eigenvalue weighted by molar-refractivity contribution is -0.122. The van der Waals surface area contributed by atoms with Crippen molar-refractivity contribution in [1.82, 2.24) is 5.32 Å². The molecule has 1 aliphatic rings. The largest absolute Gasteiger partial charge is 0.352 e. The van der Waals surface area contributed by atoms with E-state index in [2.05, 4.69) is 12.2 Å². The highest BCUT2D eigenvalue weighted by Crippen LogP contribution is 2.28. The van der Waals surface area contributed by atoms with Crippen LogP contribution >= 0.6 is 0 Å². The van der Waals surface area contributed by atoms with Crippen molar-refractivity contribution in [3.05, 3.63) is 35.9 Å². The maximum absolute atomic E-state index is 11.7. The molecule has 3 atom stereocenters. The zero-order valence-corrected chi connectivity index (χ0v) is 9.52. The average Bonchev–Trinajstić information content (AvgIpc) is 2.95. The number of hydrogen-bond donors (Lipinski definition) is 2. The van der Waals surface area contributed by atoms with Crippen molar-refractivity contribution in [1.29, 1.82) is 0 Å². The number of hydrogen-bond acceptors (Lipinski definition) is 2. The van der Waals surface area contributed by atoms with Crippen LogP contribution in [0.4, 0.5) is 0 Å². The van der Waals surface area contributed by atoms with Crippen LogP contribution in [0, 0.1) is 5.92 Å². The SMILES string of the molecule is CC1CC1NC(=O)[C@H](N)Cc1ccccc1. The fourth-order valence-electron chi connectivity index (χ4n) is 1.77. The second-order valence-corrected chi connectivity index (χ2v) is 4.62. The van der Waals surface area contributed by atoms with Gasteiger partial charge in [-0.2, -0.15) is 0 Å². The highest BCUT2D eigenvalue weighted by molar-refractivity contribution is 5.82. The normalized spacial score (nSPS) is 24.9.